The number of nitrogens with one attached hydrogen (secondary N) is 1. The fraction of sp³-hybridized carbons (Fsp3) is 0.333. The lowest BCUT2D eigenvalue weighted by Crippen LogP contribution is -2.19. The summed E-state index contributed by atoms with van der Waals surface area (Å²) in [5, 5.41) is 5.69. The van der Waals surface area contributed by atoms with Crippen molar-refractivity contribution in [2.24, 2.45) is 0 Å². The Hall–Kier alpha value is -1.07. The third-order valence-corrected chi connectivity index (χ3v) is 5.83. The molecule has 0 saturated carbocycles. The van der Waals surface area contributed by atoms with E-state index in [-0.39, 0.29) is 17.5 Å². The first-order valence-corrected chi connectivity index (χ1v) is 8.26. The number of fused-ring (bicyclic) bond motifs is 1. The molecule has 5 heteroatoms. The Morgan fingerprint density at radius 3 is 2.85 bits per heavy atom. The van der Waals surface area contributed by atoms with Gasteiger partial charge in [0.05, 0.1) is 15.9 Å². The van der Waals surface area contributed by atoms with Gasteiger partial charge in [0.2, 0.25) is 0 Å². The van der Waals surface area contributed by atoms with Crippen LogP contribution >= 0.6 is 23.1 Å². The molecule has 20 heavy (non-hydrogen) atoms. The highest BCUT2D eigenvalue weighted by molar-refractivity contribution is 8.01. The summed E-state index contributed by atoms with van der Waals surface area (Å²) in [6.45, 7) is 3.73. The molecule has 1 aromatic carbocycles. The maximum Gasteiger partial charge on any atom is 0.146 e. The van der Waals surface area contributed by atoms with Gasteiger partial charge in [-0.25, -0.2) is 8.78 Å². The van der Waals surface area contributed by atoms with E-state index in [0.717, 1.165) is 6.42 Å². The van der Waals surface area contributed by atoms with E-state index in [1.165, 1.54) is 21.9 Å². The average molecular weight is 311 g/mol. The number of thioether (sulfide) groups is 1. The smallest absolute Gasteiger partial charge is 0.146 e. The summed E-state index contributed by atoms with van der Waals surface area (Å²) in [5.74, 6) is -0.774. The normalized spacial score (nSPS) is 21.6. The highest BCUT2D eigenvalue weighted by atomic mass is 32.2. The molecule has 1 aliphatic heterocycles. The Morgan fingerprint density at radius 1 is 1.25 bits per heavy atom. The molecule has 1 nitrogen and oxygen atoms in total. The molecule has 2 heterocycles. The van der Waals surface area contributed by atoms with E-state index in [9.17, 15) is 8.78 Å². The fourth-order valence-electron chi connectivity index (χ4n) is 2.43. The summed E-state index contributed by atoms with van der Waals surface area (Å²) in [5.41, 5.74) is 1.77. The minimum absolute atomic E-state index is 0.0455. The molecule has 1 unspecified atom stereocenters. The Labute approximate surface area is 125 Å². The molecular formula is C15H15F2NS2. The lowest BCUT2D eigenvalue weighted by molar-refractivity contribution is 0.588. The van der Waals surface area contributed by atoms with Crippen LogP contribution in [0.25, 0.3) is 0 Å². The average Bonchev–Trinajstić information content (AvgIpc) is 2.84. The molecule has 0 amide bonds. The largest absolute Gasteiger partial charge is 0.376 e. The van der Waals surface area contributed by atoms with E-state index in [1.54, 1.807) is 18.3 Å². The van der Waals surface area contributed by atoms with Crippen LogP contribution < -0.4 is 5.32 Å². The zero-order chi connectivity index (χ0) is 14.3. The second-order valence-corrected chi connectivity index (χ2v) is 7.73. The minimum atomic E-state index is -0.397. The van der Waals surface area contributed by atoms with Gasteiger partial charge in [-0.3, -0.25) is 0 Å². The van der Waals surface area contributed by atoms with Crippen molar-refractivity contribution in [2.45, 2.75) is 35.8 Å². The lowest BCUT2D eigenvalue weighted by atomic mass is 10.0. The van der Waals surface area contributed by atoms with Crippen molar-refractivity contribution in [3.05, 3.63) is 46.3 Å². The first-order chi connectivity index (χ1) is 9.54. The van der Waals surface area contributed by atoms with Crippen molar-refractivity contribution in [2.75, 3.05) is 5.32 Å². The molecule has 0 spiro atoms. The molecular weight excluding hydrogens is 296 g/mol. The van der Waals surface area contributed by atoms with Crippen molar-refractivity contribution in [1.29, 1.82) is 0 Å². The molecule has 0 bridgehead atoms. The maximum atomic E-state index is 14.0. The Bertz CT molecular complexity index is 639. The molecule has 0 fully saturated rings. The number of benzene rings is 1. The predicted molar refractivity (Wildman–Crippen MR) is 81.7 cm³/mol. The monoisotopic (exact) mass is 311 g/mol. The van der Waals surface area contributed by atoms with Gasteiger partial charge >= 0.3 is 0 Å². The van der Waals surface area contributed by atoms with Crippen LogP contribution in [0.1, 0.15) is 30.5 Å². The van der Waals surface area contributed by atoms with Crippen LogP contribution in [-0.2, 0) is 0 Å². The van der Waals surface area contributed by atoms with E-state index < -0.39 is 5.82 Å². The molecule has 3 rings (SSSR count). The van der Waals surface area contributed by atoms with Gasteiger partial charge in [-0.15, -0.1) is 23.1 Å². The third-order valence-electron chi connectivity index (χ3n) is 3.49. The second kappa shape index (κ2) is 5.37. The first kappa shape index (κ1) is 13.9. The molecule has 1 N–H and O–H groups in total. The minimum Gasteiger partial charge on any atom is -0.376 e. The van der Waals surface area contributed by atoms with Crippen molar-refractivity contribution < 1.29 is 8.78 Å². The number of hydrogen-bond acceptors (Lipinski definition) is 3. The van der Waals surface area contributed by atoms with Gasteiger partial charge in [-0.1, -0.05) is 6.92 Å². The Morgan fingerprint density at radius 2 is 2.05 bits per heavy atom. The van der Waals surface area contributed by atoms with Crippen LogP contribution in [0.4, 0.5) is 14.5 Å². The summed E-state index contributed by atoms with van der Waals surface area (Å²) < 4.78 is 28.8. The summed E-state index contributed by atoms with van der Waals surface area (Å²) in [6, 6.07) is 4.61. The fourth-order valence-corrected chi connectivity index (χ4v) is 5.00. The van der Waals surface area contributed by atoms with Crippen LogP contribution in [0, 0.1) is 18.6 Å². The van der Waals surface area contributed by atoms with Gasteiger partial charge in [-0.2, -0.15) is 0 Å². The van der Waals surface area contributed by atoms with E-state index in [4.69, 9.17) is 0 Å². The van der Waals surface area contributed by atoms with E-state index in [1.807, 2.05) is 11.8 Å². The predicted octanol–water partition coefficient (Wildman–Crippen LogP) is 5.37. The quantitative estimate of drug-likeness (QED) is 0.800. The van der Waals surface area contributed by atoms with Gasteiger partial charge in [0.15, 0.2) is 0 Å². The second-order valence-electron chi connectivity index (χ2n) is 5.11. The molecule has 1 aromatic heterocycles. The molecule has 0 saturated heterocycles. The van der Waals surface area contributed by atoms with Gasteiger partial charge in [0.1, 0.15) is 11.6 Å². The summed E-state index contributed by atoms with van der Waals surface area (Å²) in [7, 11) is 0. The number of rotatable bonds is 2. The van der Waals surface area contributed by atoms with E-state index >= 15 is 0 Å². The lowest BCUT2D eigenvalue weighted by Gasteiger charge is -2.28. The molecule has 0 radical (unpaired) electrons. The van der Waals surface area contributed by atoms with Crippen LogP contribution in [-0.4, -0.2) is 5.25 Å². The summed E-state index contributed by atoms with van der Waals surface area (Å²) in [6.07, 6.45) is 0.906. The van der Waals surface area contributed by atoms with Crippen molar-refractivity contribution >= 4 is 28.8 Å². The summed E-state index contributed by atoms with van der Waals surface area (Å²) >= 11 is 3.56. The van der Waals surface area contributed by atoms with Crippen LogP contribution in [0.15, 0.2) is 27.8 Å². The van der Waals surface area contributed by atoms with Gasteiger partial charge < -0.3 is 5.32 Å². The highest BCUT2D eigenvalue weighted by Crippen LogP contribution is 2.45. The SMILES string of the molecule is Cc1cc(F)c(NC2C[C@H](C)Sc3sccc32)cc1F. The van der Waals surface area contributed by atoms with Crippen molar-refractivity contribution in [3.63, 3.8) is 0 Å². The number of aryl methyl sites for hydroxylation is 1. The third kappa shape index (κ3) is 2.56. The zero-order valence-corrected chi connectivity index (χ0v) is 12.9. The van der Waals surface area contributed by atoms with Gasteiger partial charge in [-0.05, 0) is 42.0 Å². The molecule has 2 aromatic rings. The standard InChI is InChI=1S/C15H15F2NS2/c1-8-5-12(17)14(7-11(8)16)18-13-6-9(2)20-15-10(13)3-4-19-15/h3-5,7,9,13,18H,6H2,1-2H3/t9-,13?/m0/s1. The van der Waals surface area contributed by atoms with E-state index in [2.05, 4.69) is 23.7 Å². The van der Waals surface area contributed by atoms with Crippen molar-refractivity contribution in [1.82, 2.24) is 0 Å². The summed E-state index contributed by atoms with van der Waals surface area (Å²) in [4.78, 5) is 0. The first-order valence-electron chi connectivity index (χ1n) is 6.51. The maximum absolute atomic E-state index is 14.0. The number of halogens is 2. The Balaban J connectivity index is 1.91. The van der Waals surface area contributed by atoms with Crippen LogP contribution in [0.5, 0.6) is 0 Å². The molecule has 1 aliphatic rings. The molecule has 106 valence electrons. The molecule has 0 aliphatic carbocycles. The topological polar surface area (TPSA) is 12.0 Å². The number of anilines is 1. The zero-order valence-electron chi connectivity index (χ0n) is 11.2. The van der Waals surface area contributed by atoms with Crippen LogP contribution in [0.2, 0.25) is 0 Å². The molecule has 2 atom stereocenters. The van der Waals surface area contributed by atoms with Gasteiger partial charge in [0, 0.05) is 11.3 Å². The number of thiophene rings is 1. The Kier molecular flexibility index (Phi) is 3.73. The highest BCUT2D eigenvalue weighted by Gasteiger charge is 2.27. The van der Waals surface area contributed by atoms with Crippen molar-refractivity contribution in [3.8, 4) is 0 Å². The van der Waals surface area contributed by atoms with Gasteiger partial charge in [0.25, 0.3) is 0 Å². The van der Waals surface area contributed by atoms with E-state index in [0.29, 0.717) is 10.8 Å². The number of hydrogen-bond donors (Lipinski definition) is 1. The van der Waals surface area contributed by atoms with Crippen LogP contribution in [0.3, 0.4) is 0 Å².